The lowest BCUT2D eigenvalue weighted by Crippen LogP contribution is -2.26. The Balaban J connectivity index is 1.82. The van der Waals surface area contributed by atoms with Gasteiger partial charge in [0.15, 0.2) is 0 Å². The number of nitrogen functional groups attached to an aromatic ring is 1. The third-order valence-corrected chi connectivity index (χ3v) is 7.27. The molecule has 37 heavy (non-hydrogen) atoms. The van der Waals surface area contributed by atoms with Gasteiger partial charge in [0, 0.05) is 6.61 Å². The van der Waals surface area contributed by atoms with E-state index in [2.05, 4.69) is 16.9 Å². The molecule has 216 valence electrons. The number of hydrogen-bond acceptors (Lipinski definition) is 8. The first-order valence-corrected chi connectivity index (χ1v) is 16.0. The van der Waals surface area contributed by atoms with Gasteiger partial charge in [0.2, 0.25) is 5.95 Å². The summed E-state index contributed by atoms with van der Waals surface area (Å²) in [4.78, 5) is 28.6. The average molecular weight is 547 g/mol. The number of ether oxygens (including phenoxy) is 2. The molecule has 1 aromatic rings. The highest BCUT2D eigenvalue weighted by atomic mass is 31.2. The smallest absolute Gasteiger partial charge is 0.353 e. The molecule has 0 aliphatic heterocycles. The Morgan fingerprint density at radius 3 is 1.89 bits per heavy atom. The molecule has 0 bridgehead atoms. The normalized spacial score (nSPS) is 13.1. The minimum absolute atomic E-state index is 0.0290. The van der Waals surface area contributed by atoms with Gasteiger partial charge >= 0.3 is 13.3 Å². The van der Waals surface area contributed by atoms with Gasteiger partial charge in [-0.05, 0) is 6.42 Å². The summed E-state index contributed by atoms with van der Waals surface area (Å²) in [6.07, 6.45) is 22.1. The first kappa shape index (κ1) is 33.7. The van der Waals surface area contributed by atoms with Gasteiger partial charge in [0.25, 0.3) is 0 Å². The summed E-state index contributed by atoms with van der Waals surface area (Å²) in [6.45, 7) is 3.37. The largest absolute Gasteiger partial charge is 0.379 e. The molecule has 0 saturated heterocycles. The van der Waals surface area contributed by atoms with Crippen molar-refractivity contribution in [1.29, 1.82) is 0 Å². The topological polar surface area (TPSA) is 139 Å². The zero-order valence-corrected chi connectivity index (χ0v) is 23.9. The molecule has 0 aliphatic rings. The summed E-state index contributed by atoms with van der Waals surface area (Å²) >= 11 is 0. The Hall–Kier alpha value is -1.32. The van der Waals surface area contributed by atoms with E-state index in [1.54, 1.807) is 0 Å². The molecular formula is C26H51N4O6P. The number of rotatable bonds is 26. The van der Waals surface area contributed by atoms with Crippen LogP contribution in [0.5, 0.6) is 0 Å². The van der Waals surface area contributed by atoms with Crippen LogP contribution < -0.4 is 11.4 Å². The monoisotopic (exact) mass is 546 g/mol. The second kappa shape index (κ2) is 22.6. The van der Waals surface area contributed by atoms with E-state index in [0.29, 0.717) is 6.61 Å². The van der Waals surface area contributed by atoms with Crippen LogP contribution in [0.15, 0.2) is 11.1 Å². The van der Waals surface area contributed by atoms with E-state index in [0.717, 1.165) is 12.8 Å². The molecule has 0 aromatic carbocycles. The molecule has 1 unspecified atom stereocenters. The van der Waals surface area contributed by atoms with Crippen LogP contribution in [0.25, 0.3) is 0 Å². The fraction of sp³-hybridized carbons (Fsp3) is 0.885. The van der Waals surface area contributed by atoms with Gasteiger partial charge in [-0.2, -0.15) is 4.98 Å². The maximum Gasteiger partial charge on any atom is 0.353 e. The van der Waals surface area contributed by atoms with Gasteiger partial charge in [-0.25, -0.2) is 9.78 Å². The molecule has 0 radical (unpaired) electrons. The Labute approximate surface area is 223 Å². The van der Waals surface area contributed by atoms with Gasteiger partial charge in [0.05, 0.1) is 26.4 Å². The summed E-state index contributed by atoms with van der Waals surface area (Å²) in [5, 5.41) is 0. The van der Waals surface area contributed by atoms with Crippen molar-refractivity contribution in [2.24, 2.45) is 0 Å². The van der Waals surface area contributed by atoms with Gasteiger partial charge < -0.3 is 24.6 Å². The first-order valence-electron chi connectivity index (χ1n) is 14.3. The van der Waals surface area contributed by atoms with E-state index < -0.39 is 19.6 Å². The summed E-state index contributed by atoms with van der Waals surface area (Å²) in [7, 11) is -3.87. The summed E-state index contributed by atoms with van der Waals surface area (Å²) < 4.78 is 28.8. The highest BCUT2D eigenvalue weighted by Crippen LogP contribution is 2.41. The zero-order valence-electron chi connectivity index (χ0n) is 23.0. The SMILES string of the molecule is CCCCCCCCCCCCCCCCCCOCCOP(=O)(O)COCCn1cnc(N)nc1=O. The van der Waals surface area contributed by atoms with E-state index in [-0.39, 0.29) is 32.3 Å². The van der Waals surface area contributed by atoms with Crippen LogP contribution in [-0.4, -0.2) is 52.2 Å². The first-order chi connectivity index (χ1) is 17.9. The Morgan fingerprint density at radius 1 is 0.811 bits per heavy atom. The Kier molecular flexibility index (Phi) is 20.6. The molecule has 11 heteroatoms. The second-order valence-corrected chi connectivity index (χ2v) is 11.4. The number of nitrogens with zero attached hydrogens (tertiary/aromatic N) is 3. The van der Waals surface area contributed by atoms with Gasteiger partial charge in [-0.3, -0.25) is 9.13 Å². The van der Waals surface area contributed by atoms with Gasteiger partial charge in [0.1, 0.15) is 12.7 Å². The molecule has 0 spiro atoms. The van der Waals surface area contributed by atoms with Crippen LogP contribution >= 0.6 is 7.60 Å². The molecule has 1 aromatic heterocycles. The fourth-order valence-corrected chi connectivity index (χ4v) is 4.79. The lowest BCUT2D eigenvalue weighted by atomic mass is 10.0. The minimum atomic E-state index is -3.87. The number of aromatic nitrogens is 3. The molecule has 0 aliphatic carbocycles. The number of anilines is 1. The molecule has 1 heterocycles. The van der Waals surface area contributed by atoms with E-state index in [1.807, 2.05) is 0 Å². The van der Waals surface area contributed by atoms with Crippen LogP contribution in [0.3, 0.4) is 0 Å². The van der Waals surface area contributed by atoms with Gasteiger partial charge in [-0.15, -0.1) is 0 Å². The van der Waals surface area contributed by atoms with Crippen LogP contribution in [-0.2, 0) is 25.1 Å². The molecule has 1 atom stereocenters. The summed E-state index contributed by atoms with van der Waals surface area (Å²) in [5.74, 6) is -0.104. The van der Waals surface area contributed by atoms with Crippen molar-refractivity contribution in [2.45, 2.75) is 116 Å². The predicted molar refractivity (Wildman–Crippen MR) is 148 cm³/mol. The Bertz CT molecular complexity index is 780. The molecule has 0 saturated carbocycles. The maximum absolute atomic E-state index is 12.0. The fourth-order valence-electron chi connectivity index (χ4n) is 4.00. The number of nitrogens with two attached hydrogens (primary N) is 1. The van der Waals surface area contributed by atoms with Crippen LogP contribution in [0, 0.1) is 0 Å². The Morgan fingerprint density at radius 2 is 1.35 bits per heavy atom. The molecule has 10 nitrogen and oxygen atoms in total. The number of hydrogen-bond donors (Lipinski definition) is 2. The van der Waals surface area contributed by atoms with Crippen molar-refractivity contribution in [3.63, 3.8) is 0 Å². The van der Waals surface area contributed by atoms with Crippen LogP contribution in [0.2, 0.25) is 0 Å². The summed E-state index contributed by atoms with van der Waals surface area (Å²) in [6, 6.07) is 0. The molecule has 0 fully saturated rings. The lowest BCUT2D eigenvalue weighted by molar-refractivity contribution is 0.0839. The lowest BCUT2D eigenvalue weighted by Gasteiger charge is -2.13. The van der Waals surface area contributed by atoms with Gasteiger partial charge in [-0.1, -0.05) is 103 Å². The zero-order chi connectivity index (χ0) is 27.0. The third kappa shape index (κ3) is 20.3. The van der Waals surface area contributed by atoms with Crippen molar-refractivity contribution in [2.75, 3.05) is 38.5 Å². The van der Waals surface area contributed by atoms with E-state index in [9.17, 15) is 14.3 Å². The van der Waals surface area contributed by atoms with E-state index in [4.69, 9.17) is 19.7 Å². The maximum atomic E-state index is 12.0. The summed E-state index contributed by atoms with van der Waals surface area (Å²) in [5.41, 5.74) is 4.77. The van der Waals surface area contributed by atoms with Crippen molar-refractivity contribution in [3.05, 3.63) is 16.8 Å². The molecular weight excluding hydrogens is 495 g/mol. The molecule has 3 N–H and O–H groups in total. The van der Waals surface area contributed by atoms with Crippen molar-refractivity contribution < 1.29 is 23.5 Å². The third-order valence-electron chi connectivity index (χ3n) is 6.18. The van der Waals surface area contributed by atoms with Crippen molar-refractivity contribution >= 4 is 13.5 Å². The van der Waals surface area contributed by atoms with Crippen LogP contribution in [0.1, 0.15) is 110 Å². The minimum Gasteiger partial charge on any atom is -0.379 e. The second-order valence-electron chi connectivity index (χ2n) is 9.61. The number of unbranched alkanes of at least 4 members (excludes halogenated alkanes) is 15. The van der Waals surface area contributed by atoms with E-state index in [1.165, 1.54) is 101 Å². The van der Waals surface area contributed by atoms with E-state index >= 15 is 0 Å². The van der Waals surface area contributed by atoms with Crippen molar-refractivity contribution in [3.8, 4) is 0 Å². The highest BCUT2D eigenvalue weighted by molar-refractivity contribution is 7.52. The predicted octanol–water partition coefficient (Wildman–Crippen LogP) is 5.67. The molecule has 1 rings (SSSR count). The van der Waals surface area contributed by atoms with Crippen molar-refractivity contribution in [1.82, 2.24) is 14.5 Å². The average Bonchev–Trinajstić information content (AvgIpc) is 2.86. The van der Waals surface area contributed by atoms with Crippen LogP contribution in [0.4, 0.5) is 5.95 Å². The highest BCUT2D eigenvalue weighted by Gasteiger charge is 2.19. The standard InChI is InChI=1S/C26H51N4O6P/c1-2-3-4-5-6-7-8-9-10-11-12-13-14-15-16-17-19-34-21-22-36-37(32,33)24-35-20-18-30-23-28-25(27)29-26(30)31/h23H,2-22,24H2,1H3,(H,32,33)(H2,27,29,31). The quantitative estimate of drug-likeness (QED) is 0.111. The molecule has 0 amide bonds.